The van der Waals surface area contributed by atoms with E-state index in [4.69, 9.17) is 4.99 Å². The summed E-state index contributed by atoms with van der Waals surface area (Å²) in [7, 11) is -1.17. The summed E-state index contributed by atoms with van der Waals surface area (Å²) in [6.45, 7) is 10.7. The highest BCUT2D eigenvalue weighted by molar-refractivity contribution is 6.85. The fraction of sp³-hybridized carbons (Fsp3) is 0.842. The third-order valence-electron chi connectivity index (χ3n) is 5.55. The summed E-state index contributed by atoms with van der Waals surface area (Å²) in [6, 6.07) is 2.72. The highest BCUT2D eigenvalue weighted by Gasteiger charge is 2.24. The lowest BCUT2D eigenvalue weighted by Gasteiger charge is -2.25. The van der Waals surface area contributed by atoms with E-state index in [0.717, 1.165) is 6.54 Å². The van der Waals surface area contributed by atoms with Crippen molar-refractivity contribution >= 4 is 13.8 Å². The third-order valence-corrected chi connectivity index (χ3v) is 10.7. The number of aliphatic imine (C=N–C) groups is 1. The van der Waals surface area contributed by atoms with E-state index in [0.29, 0.717) is 0 Å². The van der Waals surface area contributed by atoms with Gasteiger partial charge in [0.05, 0.1) is 8.07 Å². The van der Waals surface area contributed by atoms with E-state index < -0.39 is 8.07 Å². The third kappa shape index (κ3) is 6.95. The molecule has 0 aromatic carbocycles. The molecule has 1 aliphatic rings. The van der Waals surface area contributed by atoms with Crippen LogP contribution in [0.1, 0.15) is 78.6 Å². The Labute approximate surface area is 134 Å². The maximum atomic E-state index is 4.94. The maximum Gasteiger partial charge on any atom is 0.0777 e. The molecule has 0 amide bonds. The van der Waals surface area contributed by atoms with Crippen LogP contribution in [-0.2, 0) is 0 Å². The molecule has 0 aromatic rings. The first-order chi connectivity index (χ1) is 10.1. The Morgan fingerprint density at radius 3 is 2.05 bits per heavy atom. The molecule has 0 bridgehead atoms. The van der Waals surface area contributed by atoms with E-state index in [1.54, 1.807) is 5.20 Å². The highest BCUT2D eigenvalue weighted by atomic mass is 28.3. The molecule has 1 rings (SSSR count). The van der Waals surface area contributed by atoms with Crippen LogP contribution in [0.15, 0.2) is 16.3 Å². The van der Waals surface area contributed by atoms with Gasteiger partial charge in [-0.1, -0.05) is 76.2 Å². The van der Waals surface area contributed by atoms with Crippen LogP contribution < -0.4 is 0 Å². The first-order valence-electron chi connectivity index (χ1n) is 9.34. The normalized spacial score (nSPS) is 20.4. The molecule has 0 saturated heterocycles. The summed E-state index contributed by atoms with van der Waals surface area (Å²) in [5.41, 5.74) is 1.40. The zero-order valence-electron chi connectivity index (χ0n) is 15.0. The van der Waals surface area contributed by atoms with Gasteiger partial charge in [0.15, 0.2) is 0 Å². The lowest BCUT2D eigenvalue weighted by molar-refractivity contribution is 0.569. The maximum absolute atomic E-state index is 4.94. The van der Waals surface area contributed by atoms with Crippen molar-refractivity contribution in [2.75, 3.05) is 6.54 Å². The van der Waals surface area contributed by atoms with Crippen LogP contribution in [0.3, 0.4) is 0 Å². The predicted molar refractivity (Wildman–Crippen MR) is 100 cm³/mol. The van der Waals surface area contributed by atoms with Gasteiger partial charge >= 0.3 is 0 Å². The van der Waals surface area contributed by atoms with Gasteiger partial charge in [-0.3, -0.25) is 4.99 Å². The van der Waals surface area contributed by atoms with Crippen molar-refractivity contribution < 1.29 is 0 Å². The Kier molecular flexibility index (Phi) is 9.22. The molecule has 0 atom stereocenters. The molecular weight excluding hydrogens is 270 g/mol. The molecule has 0 spiro atoms. The molecule has 0 radical (unpaired) electrons. The Morgan fingerprint density at radius 1 is 0.952 bits per heavy atom. The second-order valence-corrected chi connectivity index (χ2v) is 12.4. The molecule has 1 nitrogen and oxygen atoms in total. The Balaban J connectivity index is 2.73. The smallest absolute Gasteiger partial charge is 0.0777 e. The molecule has 0 N–H and O–H groups in total. The van der Waals surface area contributed by atoms with E-state index in [1.165, 1.54) is 75.6 Å². The molecule has 122 valence electrons. The van der Waals surface area contributed by atoms with Crippen molar-refractivity contribution in [3.8, 4) is 0 Å². The van der Waals surface area contributed by atoms with E-state index in [9.17, 15) is 0 Å². The number of nitrogens with zero attached hydrogens (tertiary/aromatic N) is 1. The van der Waals surface area contributed by atoms with Crippen LogP contribution in [0.25, 0.3) is 0 Å². The second-order valence-electron chi connectivity index (χ2n) is 7.05. The molecule has 1 heterocycles. The minimum absolute atomic E-state index is 1.05. The quantitative estimate of drug-likeness (QED) is 0.522. The Morgan fingerprint density at radius 2 is 1.48 bits per heavy atom. The van der Waals surface area contributed by atoms with Crippen LogP contribution in [0.4, 0.5) is 0 Å². The largest absolute Gasteiger partial charge is 0.290 e. The molecule has 21 heavy (non-hydrogen) atoms. The minimum atomic E-state index is -1.17. The van der Waals surface area contributed by atoms with Crippen molar-refractivity contribution in [2.45, 2.75) is 97.2 Å². The summed E-state index contributed by atoms with van der Waals surface area (Å²) in [5.74, 6) is 0. The van der Waals surface area contributed by atoms with Crippen molar-refractivity contribution in [1.29, 1.82) is 0 Å². The molecule has 2 heteroatoms. The summed E-state index contributed by atoms with van der Waals surface area (Å²) < 4.78 is 0. The fourth-order valence-electron chi connectivity index (χ4n) is 3.13. The first-order valence-corrected chi connectivity index (χ1v) is 12.3. The van der Waals surface area contributed by atoms with Gasteiger partial charge in [-0.2, -0.15) is 0 Å². The minimum Gasteiger partial charge on any atom is -0.290 e. The van der Waals surface area contributed by atoms with Gasteiger partial charge in [-0.25, -0.2) is 0 Å². The summed E-state index contributed by atoms with van der Waals surface area (Å²) >= 11 is 0. The van der Waals surface area contributed by atoms with Crippen LogP contribution in [-0.4, -0.2) is 20.3 Å². The van der Waals surface area contributed by atoms with Crippen LogP contribution >= 0.6 is 0 Å². The average molecular weight is 308 g/mol. The number of allylic oxidation sites excluding steroid dienone is 2. The van der Waals surface area contributed by atoms with Gasteiger partial charge in [-0.05, 0) is 32.3 Å². The first kappa shape index (κ1) is 18.7. The molecule has 0 aromatic heterocycles. The molecule has 1 aliphatic heterocycles. The number of hydrogen-bond donors (Lipinski definition) is 0. The molecular formula is C19H37NSi. The van der Waals surface area contributed by atoms with E-state index in [2.05, 4.69) is 33.4 Å². The molecule has 0 saturated carbocycles. The highest BCUT2D eigenvalue weighted by Crippen LogP contribution is 2.24. The van der Waals surface area contributed by atoms with Gasteiger partial charge in [0.25, 0.3) is 0 Å². The van der Waals surface area contributed by atoms with Crippen LogP contribution in [0.2, 0.25) is 18.6 Å². The SMILES string of the molecule is CC[Si](C)(CC)/C(C)=C/C1=NCCCCCCCCCC1. The summed E-state index contributed by atoms with van der Waals surface area (Å²) in [4.78, 5) is 4.94. The summed E-state index contributed by atoms with van der Waals surface area (Å²) in [5, 5.41) is 1.67. The number of rotatable bonds is 4. The lowest BCUT2D eigenvalue weighted by atomic mass is 10.0. The van der Waals surface area contributed by atoms with Crippen molar-refractivity contribution in [2.24, 2.45) is 4.99 Å². The van der Waals surface area contributed by atoms with Crippen molar-refractivity contribution in [3.05, 3.63) is 11.3 Å². The van der Waals surface area contributed by atoms with E-state index in [1.807, 2.05) is 0 Å². The Bertz CT molecular complexity index is 339. The topological polar surface area (TPSA) is 12.4 Å². The second kappa shape index (κ2) is 10.4. The standard InChI is InChI=1S/C19H37NSi/c1-5-21(4,6-2)18(3)17-19-15-13-11-9-7-8-10-12-14-16-20-19/h17H,5-16H2,1-4H3/b18-17+,20-19?. The summed E-state index contributed by atoms with van der Waals surface area (Å²) in [6.07, 6.45) is 14.8. The predicted octanol–water partition coefficient (Wildman–Crippen LogP) is 6.56. The average Bonchev–Trinajstić information content (AvgIpc) is 2.49. The molecule has 0 unspecified atom stereocenters. The van der Waals surface area contributed by atoms with Gasteiger partial charge in [0.2, 0.25) is 0 Å². The van der Waals surface area contributed by atoms with Crippen molar-refractivity contribution in [3.63, 3.8) is 0 Å². The monoisotopic (exact) mass is 307 g/mol. The van der Waals surface area contributed by atoms with Gasteiger partial charge < -0.3 is 0 Å². The van der Waals surface area contributed by atoms with E-state index in [-0.39, 0.29) is 0 Å². The number of hydrogen-bond acceptors (Lipinski definition) is 1. The lowest BCUT2D eigenvalue weighted by Crippen LogP contribution is -2.30. The van der Waals surface area contributed by atoms with Crippen LogP contribution in [0.5, 0.6) is 0 Å². The van der Waals surface area contributed by atoms with E-state index >= 15 is 0 Å². The zero-order valence-corrected chi connectivity index (χ0v) is 16.0. The molecule has 0 aliphatic carbocycles. The fourth-order valence-corrected chi connectivity index (χ4v) is 5.26. The zero-order chi connectivity index (χ0) is 15.6. The molecule has 0 fully saturated rings. The van der Waals surface area contributed by atoms with Gasteiger partial charge in [-0.15, -0.1) is 0 Å². The Hall–Kier alpha value is -0.373. The van der Waals surface area contributed by atoms with Gasteiger partial charge in [0.1, 0.15) is 0 Å². The van der Waals surface area contributed by atoms with Crippen LogP contribution in [0, 0.1) is 0 Å². The van der Waals surface area contributed by atoms with Crippen molar-refractivity contribution in [1.82, 2.24) is 0 Å². The van der Waals surface area contributed by atoms with Gasteiger partial charge in [0, 0.05) is 12.3 Å².